The Labute approximate surface area is 87.4 Å². The van der Waals surface area contributed by atoms with Crippen LogP contribution < -0.4 is 5.32 Å². The van der Waals surface area contributed by atoms with E-state index in [0.717, 1.165) is 25.2 Å². The topological polar surface area (TPSA) is 36.8 Å². The normalized spacial score (nSPS) is 33.3. The van der Waals surface area contributed by atoms with Gasteiger partial charge in [-0.3, -0.25) is 0 Å². The second-order valence-corrected chi connectivity index (χ2v) is 4.92. The molecular weight excluding hydrogens is 174 g/mol. The number of hydrogen-bond donors (Lipinski definition) is 2. The molecule has 0 saturated carbocycles. The van der Waals surface area contributed by atoms with Crippen LogP contribution in [0.5, 0.6) is 0 Å². The van der Waals surface area contributed by atoms with Crippen LogP contribution in [0.4, 0.5) is 0 Å². The van der Waals surface area contributed by atoms with Crippen molar-refractivity contribution in [3.8, 4) is 0 Å². The first-order valence-electron chi connectivity index (χ1n) is 5.77. The fourth-order valence-corrected chi connectivity index (χ4v) is 2.40. The molecule has 0 aromatic carbocycles. The summed E-state index contributed by atoms with van der Waals surface area (Å²) in [5, 5.41) is 12.1. The van der Waals surface area contributed by atoms with Gasteiger partial charge in [-0.25, -0.2) is 0 Å². The number of piperidine rings is 1. The van der Waals surface area contributed by atoms with Crippen molar-refractivity contribution in [3.63, 3.8) is 0 Å². The molecule has 0 unspecified atom stereocenters. The van der Waals surface area contributed by atoms with E-state index in [9.17, 15) is 5.11 Å². The molecule has 3 N–H and O–H groups in total. The molecular formula is C12H24NO+. The molecule has 1 fully saturated rings. The lowest BCUT2D eigenvalue weighted by molar-refractivity contribution is -0.737. The van der Waals surface area contributed by atoms with Gasteiger partial charge in [0.25, 0.3) is 0 Å². The van der Waals surface area contributed by atoms with Crippen molar-refractivity contribution in [1.29, 1.82) is 0 Å². The minimum Gasteiger partial charge on any atom is -0.387 e. The summed E-state index contributed by atoms with van der Waals surface area (Å²) in [4.78, 5) is 0. The third-order valence-electron chi connectivity index (χ3n) is 3.06. The maximum absolute atomic E-state index is 9.77. The smallest absolute Gasteiger partial charge is 0.116 e. The van der Waals surface area contributed by atoms with Crippen molar-refractivity contribution >= 4 is 0 Å². The Morgan fingerprint density at radius 3 is 2.79 bits per heavy atom. The molecule has 0 aromatic heterocycles. The van der Waals surface area contributed by atoms with E-state index in [1.54, 1.807) is 0 Å². The zero-order valence-electron chi connectivity index (χ0n) is 9.45. The van der Waals surface area contributed by atoms with Gasteiger partial charge in [0.2, 0.25) is 0 Å². The van der Waals surface area contributed by atoms with Gasteiger partial charge >= 0.3 is 0 Å². The van der Waals surface area contributed by atoms with E-state index in [1.807, 2.05) is 6.08 Å². The highest BCUT2D eigenvalue weighted by Gasteiger charge is 2.31. The van der Waals surface area contributed by atoms with Crippen molar-refractivity contribution in [2.45, 2.75) is 57.7 Å². The molecule has 0 bridgehead atoms. The number of quaternary nitrogens is 1. The minimum absolute atomic E-state index is 0.128. The Kier molecular flexibility index (Phi) is 4.63. The van der Waals surface area contributed by atoms with Gasteiger partial charge in [0, 0.05) is 19.3 Å². The summed E-state index contributed by atoms with van der Waals surface area (Å²) in [6, 6.07) is 1.06. The second-order valence-electron chi connectivity index (χ2n) is 4.92. The van der Waals surface area contributed by atoms with Crippen LogP contribution in [-0.4, -0.2) is 23.3 Å². The van der Waals surface area contributed by atoms with Crippen molar-refractivity contribution in [3.05, 3.63) is 12.7 Å². The lowest BCUT2D eigenvalue weighted by atomic mass is 9.89. The van der Waals surface area contributed by atoms with Crippen LogP contribution in [0.15, 0.2) is 12.7 Å². The zero-order valence-corrected chi connectivity index (χ0v) is 9.45. The molecule has 0 aromatic rings. The Morgan fingerprint density at radius 1 is 1.50 bits per heavy atom. The van der Waals surface area contributed by atoms with Crippen LogP contribution in [0.1, 0.15) is 39.5 Å². The van der Waals surface area contributed by atoms with Gasteiger partial charge in [-0.2, -0.15) is 0 Å². The summed E-state index contributed by atoms with van der Waals surface area (Å²) in [5.74, 6) is 0.760. The number of hydrogen-bond acceptors (Lipinski definition) is 1. The summed E-state index contributed by atoms with van der Waals surface area (Å²) < 4.78 is 0. The molecule has 1 rings (SSSR count). The van der Waals surface area contributed by atoms with Gasteiger partial charge in [-0.1, -0.05) is 19.9 Å². The lowest BCUT2D eigenvalue weighted by Crippen LogP contribution is -2.98. The van der Waals surface area contributed by atoms with E-state index in [0.29, 0.717) is 12.1 Å². The van der Waals surface area contributed by atoms with E-state index < -0.39 is 0 Å². The summed E-state index contributed by atoms with van der Waals surface area (Å²) in [6.07, 6.45) is 6.11. The minimum atomic E-state index is -0.128. The van der Waals surface area contributed by atoms with Crippen LogP contribution in [0, 0.1) is 5.92 Å². The fourth-order valence-electron chi connectivity index (χ4n) is 2.40. The molecule has 2 nitrogen and oxygen atoms in total. The molecule has 1 aliphatic heterocycles. The van der Waals surface area contributed by atoms with Crippen LogP contribution >= 0.6 is 0 Å². The predicted molar refractivity (Wildman–Crippen MR) is 59.0 cm³/mol. The molecule has 2 heteroatoms. The number of aliphatic hydroxyl groups excluding tert-OH is 1. The average molecular weight is 198 g/mol. The number of rotatable bonds is 4. The van der Waals surface area contributed by atoms with Gasteiger partial charge in [0.05, 0.1) is 6.04 Å². The van der Waals surface area contributed by atoms with Crippen LogP contribution in [0.25, 0.3) is 0 Å². The molecule has 0 amide bonds. The highest BCUT2D eigenvalue weighted by molar-refractivity contribution is 4.81. The Morgan fingerprint density at radius 2 is 2.21 bits per heavy atom. The molecule has 0 aliphatic carbocycles. The monoisotopic (exact) mass is 198 g/mol. The third-order valence-corrected chi connectivity index (χ3v) is 3.06. The molecule has 3 atom stereocenters. The number of nitrogens with two attached hydrogens (primary N) is 1. The summed E-state index contributed by atoms with van der Waals surface area (Å²) in [6.45, 7) is 8.27. The van der Waals surface area contributed by atoms with Crippen LogP contribution in [0.2, 0.25) is 0 Å². The Hall–Kier alpha value is -0.340. The first-order chi connectivity index (χ1) is 6.63. The van der Waals surface area contributed by atoms with Crippen LogP contribution in [0.3, 0.4) is 0 Å². The standard InChI is InChI=1S/C12H23NO/c1-4-5-11-12(14)7-6-10(13-11)8-9(2)3/h4,9-14H,1,5-8H2,2-3H3/p+1/t10-,11-,12-/m1/s1. The third kappa shape index (κ3) is 3.43. The summed E-state index contributed by atoms with van der Waals surface area (Å²) in [7, 11) is 0. The van der Waals surface area contributed by atoms with Crippen molar-refractivity contribution in [1.82, 2.24) is 0 Å². The largest absolute Gasteiger partial charge is 0.387 e. The maximum atomic E-state index is 9.77. The average Bonchev–Trinajstić information content (AvgIpc) is 2.10. The molecule has 82 valence electrons. The quantitative estimate of drug-likeness (QED) is 0.651. The highest BCUT2D eigenvalue weighted by atomic mass is 16.3. The van der Waals surface area contributed by atoms with Crippen molar-refractivity contribution in [2.75, 3.05) is 0 Å². The van der Waals surface area contributed by atoms with Gasteiger partial charge in [-0.15, -0.1) is 6.58 Å². The predicted octanol–water partition coefficient (Wildman–Crippen LogP) is 1.06. The Bertz CT molecular complexity index is 179. The van der Waals surface area contributed by atoms with E-state index in [4.69, 9.17) is 0 Å². The summed E-state index contributed by atoms with van der Waals surface area (Å²) >= 11 is 0. The maximum Gasteiger partial charge on any atom is 0.116 e. The zero-order chi connectivity index (χ0) is 10.6. The first-order valence-corrected chi connectivity index (χ1v) is 5.77. The molecule has 1 heterocycles. The van der Waals surface area contributed by atoms with Crippen molar-refractivity contribution < 1.29 is 10.4 Å². The molecule has 0 spiro atoms. The van der Waals surface area contributed by atoms with Crippen LogP contribution in [-0.2, 0) is 0 Å². The second kappa shape index (κ2) is 5.52. The van der Waals surface area contributed by atoms with Gasteiger partial charge < -0.3 is 10.4 Å². The van der Waals surface area contributed by atoms with E-state index in [1.165, 1.54) is 6.42 Å². The lowest BCUT2D eigenvalue weighted by Gasteiger charge is -2.31. The first kappa shape index (κ1) is 11.7. The molecule has 14 heavy (non-hydrogen) atoms. The fraction of sp³-hybridized carbons (Fsp3) is 0.833. The Balaban J connectivity index is 2.40. The SMILES string of the molecule is C=CC[C@H]1[NH2+][C@@H](CC(C)C)CC[C@H]1O. The van der Waals surface area contributed by atoms with E-state index in [2.05, 4.69) is 25.7 Å². The van der Waals surface area contributed by atoms with Crippen molar-refractivity contribution in [2.24, 2.45) is 5.92 Å². The van der Waals surface area contributed by atoms with Gasteiger partial charge in [0.15, 0.2) is 0 Å². The van der Waals surface area contributed by atoms with E-state index >= 15 is 0 Å². The number of aliphatic hydroxyl groups is 1. The highest BCUT2D eigenvalue weighted by Crippen LogP contribution is 2.15. The van der Waals surface area contributed by atoms with Gasteiger partial charge in [0.1, 0.15) is 12.1 Å². The summed E-state index contributed by atoms with van der Waals surface area (Å²) in [5.41, 5.74) is 0. The van der Waals surface area contributed by atoms with E-state index in [-0.39, 0.29) is 6.10 Å². The molecule has 1 aliphatic rings. The van der Waals surface area contributed by atoms with Gasteiger partial charge in [-0.05, 0) is 12.3 Å². The molecule has 1 saturated heterocycles. The molecule has 0 radical (unpaired) electrons.